The van der Waals surface area contributed by atoms with Crippen molar-refractivity contribution in [3.63, 3.8) is 0 Å². The van der Waals surface area contributed by atoms with E-state index in [9.17, 15) is 4.79 Å². The van der Waals surface area contributed by atoms with Crippen LogP contribution in [0.15, 0.2) is 54.6 Å². The molecule has 0 spiro atoms. The van der Waals surface area contributed by atoms with Crippen molar-refractivity contribution in [2.75, 3.05) is 11.4 Å². The van der Waals surface area contributed by atoms with Crippen LogP contribution in [0, 0.1) is 0 Å². The number of rotatable bonds is 1. The van der Waals surface area contributed by atoms with Crippen molar-refractivity contribution in [2.45, 2.75) is 6.54 Å². The van der Waals surface area contributed by atoms with E-state index in [1.165, 1.54) is 0 Å². The van der Waals surface area contributed by atoms with E-state index in [-0.39, 0.29) is 0 Å². The number of carbonyl (C=O) groups is 1. The summed E-state index contributed by atoms with van der Waals surface area (Å²) in [6, 6.07) is 16.9. The van der Waals surface area contributed by atoms with Crippen LogP contribution in [0.2, 0.25) is 0 Å². The van der Waals surface area contributed by atoms with Gasteiger partial charge in [0.05, 0.1) is 17.6 Å². The third kappa shape index (κ3) is 1.94. The zero-order valence-electron chi connectivity index (χ0n) is 11.3. The van der Waals surface area contributed by atoms with E-state index in [0.29, 0.717) is 18.2 Å². The number of para-hydroxylation sites is 3. The van der Waals surface area contributed by atoms with E-state index in [1.807, 2.05) is 47.0 Å². The van der Waals surface area contributed by atoms with Gasteiger partial charge in [-0.15, -0.1) is 0 Å². The molecule has 0 saturated heterocycles. The van der Waals surface area contributed by atoms with Gasteiger partial charge in [-0.3, -0.25) is 0 Å². The van der Waals surface area contributed by atoms with Gasteiger partial charge in [0.25, 0.3) is 0 Å². The molecule has 1 aliphatic heterocycles. The SMILES string of the molecule is O=C(Oc1ccccc1)N1CCn2c1nc1ccccc12. The summed E-state index contributed by atoms with van der Waals surface area (Å²) in [7, 11) is 0. The highest BCUT2D eigenvalue weighted by atomic mass is 16.6. The van der Waals surface area contributed by atoms with Crippen LogP contribution in [0.25, 0.3) is 11.0 Å². The molecule has 0 fully saturated rings. The first-order valence-electron chi connectivity index (χ1n) is 6.82. The Bertz CT molecular complexity index is 811. The molecule has 0 radical (unpaired) electrons. The van der Waals surface area contributed by atoms with Gasteiger partial charge in [-0.2, -0.15) is 0 Å². The topological polar surface area (TPSA) is 47.4 Å². The lowest BCUT2D eigenvalue weighted by atomic mass is 10.3. The average Bonchev–Trinajstić information content (AvgIpc) is 3.07. The lowest BCUT2D eigenvalue weighted by Crippen LogP contribution is -2.32. The number of ether oxygens (including phenoxy) is 1. The highest BCUT2D eigenvalue weighted by Gasteiger charge is 2.29. The monoisotopic (exact) mass is 279 g/mol. The number of imidazole rings is 1. The standard InChI is InChI=1S/C16H13N3O2/c20-16(21-12-6-2-1-3-7-12)19-11-10-18-14-9-5-4-8-13(14)17-15(18)19/h1-9H,10-11H2. The summed E-state index contributed by atoms with van der Waals surface area (Å²) in [4.78, 5) is 18.4. The number of amides is 1. The van der Waals surface area contributed by atoms with Gasteiger partial charge < -0.3 is 9.30 Å². The molecule has 0 bridgehead atoms. The molecule has 2 heterocycles. The molecule has 0 unspecified atom stereocenters. The number of fused-ring (bicyclic) bond motifs is 3. The Morgan fingerprint density at radius 3 is 2.62 bits per heavy atom. The lowest BCUT2D eigenvalue weighted by molar-refractivity contribution is 0.208. The van der Waals surface area contributed by atoms with Crippen molar-refractivity contribution in [3.8, 4) is 5.75 Å². The molecule has 1 amide bonds. The molecule has 104 valence electrons. The molecule has 4 rings (SSSR count). The molecule has 3 aromatic rings. The molecule has 1 aliphatic rings. The Hall–Kier alpha value is -2.82. The van der Waals surface area contributed by atoms with E-state index >= 15 is 0 Å². The highest BCUT2D eigenvalue weighted by Crippen LogP contribution is 2.27. The fraction of sp³-hybridized carbons (Fsp3) is 0.125. The van der Waals surface area contributed by atoms with Gasteiger partial charge >= 0.3 is 6.09 Å². The fourth-order valence-corrected chi connectivity index (χ4v) is 2.61. The summed E-state index contributed by atoms with van der Waals surface area (Å²) in [5.74, 6) is 1.19. The van der Waals surface area contributed by atoms with Crippen LogP contribution in [0.1, 0.15) is 0 Å². The number of anilines is 1. The number of aromatic nitrogens is 2. The summed E-state index contributed by atoms with van der Waals surface area (Å²) in [5, 5.41) is 0. The Morgan fingerprint density at radius 1 is 1.00 bits per heavy atom. The third-order valence-electron chi connectivity index (χ3n) is 3.59. The normalized spacial score (nSPS) is 13.4. The maximum atomic E-state index is 12.3. The predicted octanol–water partition coefficient (Wildman–Crippen LogP) is 3.06. The molecule has 0 saturated carbocycles. The molecule has 0 N–H and O–H groups in total. The first-order valence-corrected chi connectivity index (χ1v) is 6.82. The molecule has 5 heteroatoms. The van der Waals surface area contributed by atoms with Crippen molar-refractivity contribution in [3.05, 3.63) is 54.6 Å². The third-order valence-corrected chi connectivity index (χ3v) is 3.59. The van der Waals surface area contributed by atoms with Gasteiger partial charge in [0.2, 0.25) is 5.95 Å². The van der Waals surface area contributed by atoms with Gasteiger partial charge in [-0.05, 0) is 24.3 Å². The second-order valence-corrected chi connectivity index (χ2v) is 4.88. The van der Waals surface area contributed by atoms with Crippen molar-refractivity contribution in [1.82, 2.24) is 9.55 Å². The van der Waals surface area contributed by atoms with Crippen LogP contribution in [-0.4, -0.2) is 22.2 Å². The van der Waals surface area contributed by atoms with Crippen LogP contribution in [0.3, 0.4) is 0 Å². The summed E-state index contributed by atoms with van der Waals surface area (Å²) < 4.78 is 7.43. The minimum atomic E-state index is -0.393. The van der Waals surface area contributed by atoms with E-state index < -0.39 is 6.09 Å². The summed E-state index contributed by atoms with van der Waals surface area (Å²) in [6.45, 7) is 1.32. The zero-order valence-corrected chi connectivity index (χ0v) is 11.3. The van der Waals surface area contributed by atoms with Crippen LogP contribution in [0.5, 0.6) is 5.75 Å². The van der Waals surface area contributed by atoms with Crippen LogP contribution < -0.4 is 9.64 Å². The second-order valence-electron chi connectivity index (χ2n) is 4.88. The fourth-order valence-electron chi connectivity index (χ4n) is 2.61. The van der Waals surface area contributed by atoms with Crippen LogP contribution in [-0.2, 0) is 6.54 Å². The largest absolute Gasteiger partial charge is 0.422 e. The Labute approximate surface area is 121 Å². The van der Waals surface area contributed by atoms with Gasteiger partial charge in [0, 0.05) is 6.54 Å². The molecule has 1 aromatic heterocycles. The van der Waals surface area contributed by atoms with Crippen LogP contribution in [0.4, 0.5) is 10.7 Å². The zero-order chi connectivity index (χ0) is 14.2. The number of hydrogen-bond acceptors (Lipinski definition) is 3. The number of hydrogen-bond donors (Lipinski definition) is 0. The van der Waals surface area contributed by atoms with E-state index in [2.05, 4.69) is 4.98 Å². The summed E-state index contributed by atoms with van der Waals surface area (Å²) in [5.41, 5.74) is 1.94. The molecule has 0 atom stereocenters. The maximum absolute atomic E-state index is 12.3. The van der Waals surface area contributed by atoms with Crippen LogP contribution >= 0.6 is 0 Å². The predicted molar refractivity (Wildman–Crippen MR) is 79.5 cm³/mol. The summed E-state index contributed by atoms with van der Waals surface area (Å²) >= 11 is 0. The van der Waals surface area contributed by atoms with Gasteiger partial charge in [0.15, 0.2) is 0 Å². The molecular formula is C16H13N3O2. The first-order chi connectivity index (χ1) is 10.3. The van der Waals surface area contributed by atoms with Gasteiger partial charge in [0.1, 0.15) is 5.75 Å². The second kappa shape index (κ2) is 4.63. The van der Waals surface area contributed by atoms with E-state index in [0.717, 1.165) is 17.6 Å². The molecule has 2 aromatic carbocycles. The number of nitrogens with zero attached hydrogens (tertiary/aromatic N) is 3. The van der Waals surface area contributed by atoms with E-state index in [1.54, 1.807) is 17.0 Å². The first kappa shape index (κ1) is 12.0. The minimum absolute atomic E-state index is 0.393. The van der Waals surface area contributed by atoms with E-state index in [4.69, 9.17) is 4.74 Å². The quantitative estimate of drug-likeness (QED) is 0.688. The smallest absolute Gasteiger partial charge is 0.410 e. The Morgan fingerprint density at radius 2 is 1.76 bits per heavy atom. The van der Waals surface area contributed by atoms with Crippen molar-refractivity contribution < 1.29 is 9.53 Å². The molecule has 0 aliphatic carbocycles. The Balaban J connectivity index is 1.65. The van der Waals surface area contributed by atoms with Gasteiger partial charge in [-0.25, -0.2) is 14.7 Å². The van der Waals surface area contributed by atoms with Crippen molar-refractivity contribution in [2.24, 2.45) is 0 Å². The number of benzene rings is 2. The highest BCUT2D eigenvalue weighted by molar-refractivity contribution is 5.91. The molecule has 5 nitrogen and oxygen atoms in total. The van der Waals surface area contributed by atoms with Crippen molar-refractivity contribution >= 4 is 23.1 Å². The van der Waals surface area contributed by atoms with Gasteiger partial charge in [-0.1, -0.05) is 30.3 Å². The molecular weight excluding hydrogens is 266 g/mol. The molecule has 21 heavy (non-hydrogen) atoms. The van der Waals surface area contributed by atoms with Crippen molar-refractivity contribution in [1.29, 1.82) is 0 Å². The average molecular weight is 279 g/mol. The Kier molecular flexibility index (Phi) is 2.64. The lowest BCUT2D eigenvalue weighted by Gasteiger charge is -2.13. The minimum Gasteiger partial charge on any atom is -0.410 e. The number of carbonyl (C=O) groups excluding carboxylic acids is 1. The summed E-state index contributed by atoms with van der Waals surface area (Å²) in [6.07, 6.45) is -0.393. The maximum Gasteiger partial charge on any atom is 0.422 e.